The minimum absolute atomic E-state index is 0.0983. The highest BCUT2D eigenvalue weighted by Gasteiger charge is 2.18. The number of aryl methyl sites for hydroxylation is 1. The molecule has 0 aliphatic carbocycles. The molecular formula is C18H25N3O2S. The first kappa shape index (κ1) is 18.5. The summed E-state index contributed by atoms with van der Waals surface area (Å²) in [5, 5.41) is 12.9. The van der Waals surface area contributed by atoms with E-state index in [4.69, 9.17) is 0 Å². The molecule has 0 aromatic carbocycles. The van der Waals surface area contributed by atoms with Crippen molar-refractivity contribution in [2.75, 3.05) is 13.2 Å². The SMILES string of the molecule is Cc1nc(-c2ccccn2)sc1C(=O)NCC(CCO)CC(C)C. The van der Waals surface area contributed by atoms with Gasteiger partial charge in [0.2, 0.25) is 0 Å². The molecule has 0 saturated carbocycles. The van der Waals surface area contributed by atoms with Gasteiger partial charge in [-0.2, -0.15) is 0 Å². The van der Waals surface area contributed by atoms with Crippen molar-refractivity contribution in [1.29, 1.82) is 0 Å². The van der Waals surface area contributed by atoms with Crippen LogP contribution in [0.4, 0.5) is 0 Å². The van der Waals surface area contributed by atoms with Gasteiger partial charge in [-0.3, -0.25) is 9.78 Å². The van der Waals surface area contributed by atoms with E-state index in [0.29, 0.717) is 29.7 Å². The second-order valence-electron chi connectivity index (χ2n) is 6.37. The largest absolute Gasteiger partial charge is 0.396 e. The van der Waals surface area contributed by atoms with E-state index in [1.807, 2.05) is 25.1 Å². The maximum Gasteiger partial charge on any atom is 0.263 e. The number of carbonyl (C=O) groups is 1. The maximum atomic E-state index is 12.5. The number of nitrogens with one attached hydrogen (secondary N) is 1. The van der Waals surface area contributed by atoms with E-state index in [0.717, 1.165) is 22.8 Å². The van der Waals surface area contributed by atoms with E-state index >= 15 is 0 Å². The monoisotopic (exact) mass is 347 g/mol. The second kappa shape index (κ2) is 8.89. The van der Waals surface area contributed by atoms with Gasteiger partial charge in [-0.1, -0.05) is 19.9 Å². The molecule has 0 fully saturated rings. The van der Waals surface area contributed by atoms with Crippen LogP contribution < -0.4 is 5.32 Å². The van der Waals surface area contributed by atoms with Crippen molar-refractivity contribution in [2.45, 2.75) is 33.6 Å². The third-order valence-electron chi connectivity index (χ3n) is 3.78. The fraction of sp³-hybridized carbons (Fsp3) is 0.500. The normalized spacial score (nSPS) is 12.4. The highest BCUT2D eigenvalue weighted by atomic mass is 32.1. The van der Waals surface area contributed by atoms with Crippen LogP contribution in [0.2, 0.25) is 0 Å². The molecule has 0 spiro atoms. The molecule has 2 rings (SSSR count). The van der Waals surface area contributed by atoms with Crippen LogP contribution in [0.15, 0.2) is 24.4 Å². The molecular weight excluding hydrogens is 322 g/mol. The van der Waals surface area contributed by atoms with Crippen molar-refractivity contribution >= 4 is 17.2 Å². The van der Waals surface area contributed by atoms with E-state index in [9.17, 15) is 9.90 Å². The number of aliphatic hydroxyl groups excluding tert-OH is 1. The van der Waals surface area contributed by atoms with E-state index in [1.54, 1.807) is 6.20 Å². The Bertz CT molecular complexity index is 656. The predicted molar refractivity (Wildman–Crippen MR) is 97.1 cm³/mol. The van der Waals surface area contributed by atoms with Crippen molar-refractivity contribution in [2.24, 2.45) is 11.8 Å². The van der Waals surface area contributed by atoms with Crippen LogP contribution in [0, 0.1) is 18.8 Å². The Morgan fingerprint density at radius 1 is 1.38 bits per heavy atom. The van der Waals surface area contributed by atoms with Gasteiger partial charge in [0.15, 0.2) is 0 Å². The van der Waals surface area contributed by atoms with Crippen molar-refractivity contribution < 1.29 is 9.90 Å². The van der Waals surface area contributed by atoms with E-state index < -0.39 is 0 Å². The second-order valence-corrected chi connectivity index (χ2v) is 7.37. The van der Waals surface area contributed by atoms with Crippen molar-refractivity contribution in [3.63, 3.8) is 0 Å². The van der Waals surface area contributed by atoms with Crippen LogP contribution >= 0.6 is 11.3 Å². The fourth-order valence-electron chi connectivity index (χ4n) is 2.68. The molecule has 2 heterocycles. The Balaban J connectivity index is 2.03. The van der Waals surface area contributed by atoms with Gasteiger partial charge in [0, 0.05) is 19.3 Å². The van der Waals surface area contributed by atoms with E-state index in [2.05, 4.69) is 29.1 Å². The molecule has 5 nitrogen and oxygen atoms in total. The fourth-order valence-corrected chi connectivity index (χ4v) is 3.64. The van der Waals surface area contributed by atoms with Gasteiger partial charge < -0.3 is 10.4 Å². The van der Waals surface area contributed by atoms with Crippen molar-refractivity contribution in [3.05, 3.63) is 35.0 Å². The quantitative estimate of drug-likeness (QED) is 0.768. The standard InChI is InChI=1S/C18H25N3O2S/c1-12(2)10-14(7-9-22)11-20-17(23)16-13(3)21-18(24-16)15-6-4-5-8-19-15/h4-6,8,12,14,22H,7,9-11H2,1-3H3,(H,20,23). The Kier molecular flexibility index (Phi) is 6.87. The molecule has 24 heavy (non-hydrogen) atoms. The van der Waals surface area contributed by atoms with Crippen LogP contribution in [0.5, 0.6) is 0 Å². The highest BCUT2D eigenvalue weighted by Crippen LogP contribution is 2.26. The van der Waals surface area contributed by atoms with Crippen LogP contribution in [0.3, 0.4) is 0 Å². The number of aliphatic hydroxyl groups is 1. The van der Waals surface area contributed by atoms with Gasteiger partial charge in [0.1, 0.15) is 9.88 Å². The average Bonchev–Trinajstić information content (AvgIpc) is 2.95. The first-order valence-electron chi connectivity index (χ1n) is 8.29. The van der Waals surface area contributed by atoms with Crippen molar-refractivity contribution in [1.82, 2.24) is 15.3 Å². The number of rotatable bonds is 8. The molecule has 0 aliphatic rings. The van der Waals surface area contributed by atoms with Crippen LogP contribution in [0.1, 0.15) is 42.1 Å². The predicted octanol–water partition coefficient (Wildman–Crippen LogP) is 3.29. The lowest BCUT2D eigenvalue weighted by Gasteiger charge is -2.18. The number of hydrogen-bond acceptors (Lipinski definition) is 5. The molecule has 1 unspecified atom stereocenters. The lowest BCUT2D eigenvalue weighted by Crippen LogP contribution is -2.30. The number of nitrogens with zero attached hydrogens (tertiary/aromatic N) is 2. The number of aromatic nitrogens is 2. The summed E-state index contributed by atoms with van der Waals surface area (Å²) in [4.78, 5) is 21.9. The van der Waals surface area contributed by atoms with E-state index in [-0.39, 0.29) is 12.5 Å². The van der Waals surface area contributed by atoms with Gasteiger partial charge in [-0.15, -0.1) is 11.3 Å². The number of pyridine rings is 1. The molecule has 6 heteroatoms. The van der Waals surface area contributed by atoms with Crippen molar-refractivity contribution in [3.8, 4) is 10.7 Å². The minimum atomic E-state index is -0.0983. The van der Waals surface area contributed by atoms with E-state index in [1.165, 1.54) is 11.3 Å². The molecule has 0 bridgehead atoms. The summed E-state index contributed by atoms with van der Waals surface area (Å²) in [6.07, 6.45) is 3.41. The third-order valence-corrected chi connectivity index (χ3v) is 4.96. The minimum Gasteiger partial charge on any atom is -0.396 e. The molecule has 130 valence electrons. The maximum absolute atomic E-state index is 12.5. The molecule has 0 saturated heterocycles. The Morgan fingerprint density at radius 2 is 2.17 bits per heavy atom. The summed E-state index contributed by atoms with van der Waals surface area (Å²) in [7, 11) is 0. The summed E-state index contributed by atoms with van der Waals surface area (Å²) in [6.45, 7) is 6.87. The molecule has 2 aromatic rings. The first-order chi connectivity index (χ1) is 11.5. The molecule has 0 radical (unpaired) electrons. The summed E-state index contributed by atoms with van der Waals surface area (Å²) in [6, 6.07) is 5.65. The lowest BCUT2D eigenvalue weighted by molar-refractivity contribution is 0.0944. The number of thiazole rings is 1. The Labute approximate surface area is 147 Å². The molecule has 2 N–H and O–H groups in total. The first-order valence-corrected chi connectivity index (χ1v) is 9.10. The third kappa shape index (κ3) is 5.11. The average molecular weight is 347 g/mol. The Hall–Kier alpha value is -1.79. The smallest absolute Gasteiger partial charge is 0.263 e. The van der Waals surface area contributed by atoms with Gasteiger partial charge in [-0.05, 0) is 43.7 Å². The topological polar surface area (TPSA) is 75.1 Å². The molecule has 0 aliphatic heterocycles. The zero-order chi connectivity index (χ0) is 17.5. The number of hydrogen-bond donors (Lipinski definition) is 2. The van der Waals surface area contributed by atoms with Crippen LogP contribution in [-0.4, -0.2) is 34.1 Å². The van der Waals surface area contributed by atoms with Gasteiger partial charge in [0.25, 0.3) is 5.91 Å². The summed E-state index contributed by atoms with van der Waals surface area (Å²) in [5.41, 5.74) is 1.50. The highest BCUT2D eigenvalue weighted by molar-refractivity contribution is 7.17. The lowest BCUT2D eigenvalue weighted by atomic mass is 9.94. The summed E-state index contributed by atoms with van der Waals surface area (Å²) >= 11 is 1.36. The summed E-state index contributed by atoms with van der Waals surface area (Å²) < 4.78 is 0. The zero-order valence-corrected chi connectivity index (χ0v) is 15.3. The zero-order valence-electron chi connectivity index (χ0n) is 14.5. The number of amides is 1. The summed E-state index contributed by atoms with van der Waals surface area (Å²) in [5.74, 6) is 0.737. The van der Waals surface area contributed by atoms with Gasteiger partial charge in [0.05, 0.1) is 11.4 Å². The Morgan fingerprint density at radius 3 is 2.79 bits per heavy atom. The molecule has 1 atom stereocenters. The van der Waals surface area contributed by atoms with Gasteiger partial charge >= 0.3 is 0 Å². The van der Waals surface area contributed by atoms with Gasteiger partial charge in [-0.25, -0.2) is 4.98 Å². The molecule has 1 amide bonds. The van der Waals surface area contributed by atoms with Crippen LogP contribution in [-0.2, 0) is 0 Å². The number of carbonyl (C=O) groups excluding carboxylic acids is 1. The molecule has 2 aromatic heterocycles. The van der Waals surface area contributed by atoms with Crippen LogP contribution in [0.25, 0.3) is 10.7 Å².